The lowest BCUT2D eigenvalue weighted by Crippen LogP contribution is -2.29. The van der Waals surface area contributed by atoms with E-state index in [1.54, 1.807) is 31.3 Å². The first kappa shape index (κ1) is 17.6. The molecule has 3 aromatic heterocycles. The van der Waals surface area contributed by atoms with Gasteiger partial charge in [-0.1, -0.05) is 12.1 Å². The molecular weight excluding hydrogens is 388 g/mol. The number of pyridine rings is 2. The highest BCUT2D eigenvalue weighted by Gasteiger charge is 2.40. The standard InChI is InChI=1S/C20H12N6O4/c1-11-16-17-14(10-22-18(16)25(23-11)15-7-2-3-8-21-15)19(27)24(20(17)28)12-5-4-6-13(9-12)26(29)30/h2-10H,1H3. The maximum absolute atomic E-state index is 13.3. The maximum atomic E-state index is 13.3. The Bertz CT molecular complexity index is 1380. The molecule has 0 fully saturated rings. The lowest BCUT2D eigenvalue weighted by molar-refractivity contribution is -0.384. The van der Waals surface area contributed by atoms with E-state index in [0.29, 0.717) is 22.5 Å². The molecule has 4 heterocycles. The summed E-state index contributed by atoms with van der Waals surface area (Å²) in [6.45, 7) is 1.72. The van der Waals surface area contributed by atoms with Gasteiger partial charge in [-0.25, -0.2) is 14.9 Å². The second-order valence-corrected chi connectivity index (χ2v) is 6.65. The van der Waals surface area contributed by atoms with E-state index in [-0.39, 0.29) is 22.5 Å². The SMILES string of the molecule is Cc1nn(-c2ccccn2)c2ncc3c(c12)C(=O)N(c1cccc([N+](=O)[O-])c1)C3=O. The van der Waals surface area contributed by atoms with Crippen molar-refractivity contribution in [2.45, 2.75) is 6.92 Å². The summed E-state index contributed by atoms with van der Waals surface area (Å²) in [5.74, 6) is -0.642. The number of benzene rings is 1. The van der Waals surface area contributed by atoms with Gasteiger partial charge >= 0.3 is 0 Å². The van der Waals surface area contributed by atoms with E-state index in [2.05, 4.69) is 15.1 Å². The molecule has 0 aliphatic carbocycles. The van der Waals surface area contributed by atoms with Gasteiger partial charge in [0.15, 0.2) is 11.5 Å². The third-order valence-electron chi connectivity index (χ3n) is 4.89. The van der Waals surface area contributed by atoms with Gasteiger partial charge in [0.2, 0.25) is 0 Å². The fourth-order valence-electron chi connectivity index (χ4n) is 3.58. The largest absolute Gasteiger partial charge is 0.271 e. The van der Waals surface area contributed by atoms with Crippen molar-refractivity contribution in [1.82, 2.24) is 19.7 Å². The van der Waals surface area contributed by atoms with Crippen LogP contribution < -0.4 is 4.90 Å². The summed E-state index contributed by atoms with van der Waals surface area (Å²) < 4.78 is 1.51. The van der Waals surface area contributed by atoms with Crippen molar-refractivity contribution < 1.29 is 14.5 Å². The van der Waals surface area contributed by atoms with Crippen LogP contribution in [0.3, 0.4) is 0 Å². The van der Waals surface area contributed by atoms with Crippen LogP contribution in [0.4, 0.5) is 11.4 Å². The van der Waals surface area contributed by atoms with E-state index in [9.17, 15) is 19.7 Å². The average molecular weight is 400 g/mol. The molecule has 0 bridgehead atoms. The second kappa shape index (κ2) is 6.27. The lowest BCUT2D eigenvalue weighted by Gasteiger charge is -2.13. The highest BCUT2D eigenvalue weighted by molar-refractivity contribution is 6.37. The molecule has 1 aromatic carbocycles. The van der Waals surface area contributed by atoms with Crippen molar-refractivity contribution in [3.63, 3.8) is 0 Å². The van der Waals surface area contributed by atoms with Crippen LogP contribution in [0.2, 0.25) is 0 Å². The number of anilines is 1. The number of rotatable bonds is 3. The third-order valence-corrected chi connectivity index (χ3v) is 4.89. The molecule has 1 aliphatic rings. The van der Waals surface area contributed by atoms with E-state index in [1.807, 2.05) is 0 Å². The monoisotopic (exact) mass is 400 g/mol. The first-order valence-corrected chi connectivity index (χ1v) is 8.90. The third kappa shape index (κ3) is 2.40. The van der Waals surface area contributed by atoms with Crippen molar-refractivity contribution in [3.05, 3.63) is 81.8 Å². The summed E-state index contributed by atoms with van der Waals surface area (Å²) in [5, 5.41) is 16.0. The zero-order valence-electron chi connectivity index (χ0n) is 15.5. The van der Waals surface area contributed by atoms with Crippen LogP contribution in [0.1, 0.15) is 26.4 Å². The Morgan fingerprint density at radius 3 is 2.60 bits per heavy atom. The van der Waals surface area contributed by atoms with Gasteiger partial charge in [0.05, 0.1) is 32.8 Å². The Hall–Kier alpha value is -4.47. The summed E-state index contributed by atoms with van der Waals surface area (Å²) in [6.07, 6.45) is 2.94. The van der Waals surface area contributed by atoms with E-state index >= 15 is 0 Å². The Morgan fingerprint density at radius 1 is 1.03 bits per heavy atom. The molecule has 0 spiro atoms. The van der Waals surface area contributed by atoms with Crippen molar-refractivity contribution in [3.8, 4) is 5.82 Å². The van der Waals surface area contributed by atoms with Gasteiger partial charge in [0, 0.05) is 24.5 Å². The Labute approximate surface area is 168 Å². The number of hydrogen-bond donors (Lipinski definition) is 0. The van der Waals surface area contributed by atoms with Crippen LogP contribution in [-0.2, 0) is 0 Å². The second-order valence-electron chi connectivity index (χ2n) is 6.65. The number of nitrogens with zero attached hydrogens (tertiary/aromatic N) is 6. The molecule has 4 aromatic rings. The van der Waals surface area contributed by atoms with Crippen LogP contribution >= 0.6 is 0 Å². The normalized spacial score (nSPS) is 13.2. The molecule has 2 amide bonds. The highest BCUT2D eigenvalue weighted by Crippen LogP contribution is 2.35. The maximum Gasteiger partial charge on any atom is 0.271 e. The fraction of sp³-hybridized carbons (Fsp3) is 0.0500. The minimum atomic E-state index is -0.588. The van der Waals surface area contributed by atoms with Crippen LogP contribution in [0.15, 0.2) is 54.9 Å². The minimum absolute atomic E-state index is 0.123. The summed E-state index contributed by atoms with van der Waals surface area (Å²) >= 11 is 0. The molecule has 10 nitrogen and oxygen atoms in total. The van der Waals surface area contributed by atoms with Gasteiger partial charge in [0.25, 0.3) is 17.5 Å². The van der Waals surface area contributed by atoms with E-state index in [4.69, 9.17) is 0 Å². The molecular formula is C20H12N6O4. The minimum Gasteiger partial charge on any atom is -0.268 e. The zero-order valence-corrected chi connectivity index (χ0v) is 15.5. The Balaban J connectivity index is 1.70. The van der Waals surface area contributed by atoms with Crippen molar-refractivity contribution in [2.75, 3.05) is 4.90 Å². The van der Waals surface area contributed by atoms with Gasteiger partial charge in [-0.15, -0.1) is 0 Å². The van der Waals surface area contributed by atoms with Gasteiger partial charge in [0.1, 0.15) is 0 Å². The van der Waals surface area contributed by atoms with Gasteiger partial charge in [-0.3, -0.25) is 19.7 Å². The lowest BCUT2D eigenvalue weighted by atomic mass is 10.1. The molecule has 0 radical (unpaired) electrons. The first-order chi connectivity index (χ1) is 14.5. The first-order valence-electron chi connectivity index (χ1n) is 8.90. The molecule has 30 heavy (non-hydrogen) atoms. The van der Waals surface area contributed by atoms with Crippen LogP contribution in [0, 0.1) is 17.0 Å². The number of hydrogen-bond acceptors (Lipinski definition) is 7. The highest BCUT2D eigenvalue weighted by atomic mass is 16.6. The smallest absolute Gasteiger partial charge is 0.268 e. The van der Waals surface area contributed by atoms with Gasteiger partial charge in [-0.2, -0.15) is 9.78 Å². The average Bonchev–Trinajstić information content (AvgIpc) is 3.23. The quantitative estimate of drug-likeness (QED) is 0.294. The molecule has 1 aliphatic heterocycles. The van der Waals surface area contributed by atoms with Crippen molar-refractivity contribution >= 4 is 34.2 Å². The summed E-state index contributed by atoms with van der Waals surface area (Å²) in [5.41, 5.74) is 1.12. The number of carbonyl (C=O) groups excluding carboxylic acids is 2. The topological polar surface area (TPSA) is 124 Å². The molecule has 0 unspecified atom stereocenters. The van der Waals surface area contributed by atoms with E-state index in [0.717, 1.165) is 4.90 Å². The Kier molecular flexibility index (Phi) is 3.68. The molecule has 0 saturated heterocycles. The molecule has 5 rings (SSSR count). The number of non-ortho nitro benzene ring substituents is 1. The summed E-state index contributed by atoms with van der Waals surface area (Å²) in [6, 6.07) is 10.7. The van der Waals surface area contributed by atoms with Crippen LogP contribution in [-0.4, -0.2) is 36.5 Å². The van der Waals surface area contributed by atoms with E-state index < -0.39 is 16.7 Å². The summed E-state index contributed by atoms with van der Waals surface area (Å²) in [4.78, 5) is 46.3. The number of aromatic nitrogens is 4. The molecule has 10 heteroatoms. The Morgan fingerprint density at radius 2 is 1.87 bits per heavy atom. The number of aryl methyl sites for hydroxylation is 1. The molecule has 0 N–H and O–H groups in total. The number of fused-ring (bicyclic) bond motifs is 3. The molecule has 0 saturated carbocycles. The fourth-order valence-corrected chi connectivity index (χ4v) is 3.58. The zero-order chi connectivity index (χ0) is 21.0. The number of carbonyl (C=O) groups is 2. The number of imide groups is 1. The van der Waals surface area contributed by atoms with Crippen molar-refractivity contribution in [2.24, 2.45) is 0 Å². The van der Waals surface area contributed by atoms with Crippen LogP contribution in [0.25, 0.3) is 16.9 Å². The van der Waals surface area contributed by atoms with E-state index in [1.165, 1.54) is 35.1 Å². The summed E-state index contributed by atoms with van der Waals surface area (Å²) in [7, 11) is 0. The van der Waals surface area contributed by atoms with Gasteiger partial charge in [-0.05, 0) is 25.1 Å². The predicted octanol–water partition coefficient (Wildman–Crippen LogP) is 2.83. The van der Waals surface area contributed by atoms with Crippen molar-refractivity contribution in [1.29, 1.82) is 0 Å². The predicted molar refractivity (Wildman–Crippen MR) is 106 cm³/mol. The molecule has 0 atom stereocenters. The van der Waals surface area contributed by atoms with Crippen LogP contribution in [0.5, 0.6) is 0 Å². The number of amides is 2. The van der Waals surface area contributed by atoms with Gasteiger partial charge < -0.3 is 0 Å². The number of nitro groups is 1. The molecule has 146 valence electrons. The number of nitro benzene ring substituents is 1.